The van der Waals surface area contributed by atoms with E-state index >= 15 is 0 Å². The topological polar surface area (TPSA) is 17.1 Å². The molecule has 4 heteroatoms. The molecule has 1 saturated carbocycles. The van der Waals surface area contributed by atoms with Crippen molar-refractivity contribution in [1.82, 2.24) is 0 Å². The maximum Gasteiger partial charge on any atom is 0.138 e. The van der Waals surface area contributed by atoms with Gasteiger partial charge in [-0.3, -0.25) is 0 Å². The minimum Gasteiger partial charge on any atom is -0.302 e. The summed E-state index contributed by atoms with van der Waals surface area (Å²) >= 11 is 4.48. The largest absolute Gasteiger partial charge is 0.302 e. The molecule has 62 valence electrons. The third-order valence-corrected chi connectivity index (χ3v) is 6.88. The van der Waals surface area contributed by atoms with Gasteiger partial charge in [0.1, 0.15) is 10.4 Å². The van der Waals surface area contributed by atoms with Gasteiger partial charge >= 0.3 is 0 Å². The van der Waals surface area contributed by atoms with Crippen LogP contribution in [0.1, 0.15) is 25.7 Å². The summed E-state index contributed by atoms with van der Waals surface area (Å²) in [5.74, 6) is 0. The summed E-state index contributed by atoms with van der Waals surface area (Å²) in [7, 11) is 3.66. The number of carbonyl (C=O) groups excluding carboxylic acids is 1. The molecule has 1 aliphatic carbocycles. The molecule has 1 nitrogen and oxygen atoms in total. The highest BCUT2D eigenvalue weighted by Gasteiger charge is 2.61. The van der Waals surface area contributed by atoms with Crippen LogP contribution < -0.4 is 0 Å². The maximum absolute atomic E-state index is 10.8. The second kappa shape index (κ2) is 2.60. The van der Waals surface area contributed by atoms with E-state index < -0.39 is 0 Å². The lowest BCUT2D eigenvalue weighted by molar-refractivity contribution is -0.110. The van der Waals surface area contributed by atoms with Crippen molar-refractivity contribution < 1.29 is 4.79 Å². The first-order valence-corrected chi connectivity index (χ1v) is 6.38. The highest BCUT2D eigenvalue weighted by Crippen LogP contribution is 2.75. The van der Waals surface area contributed by atoms with Crippen molar-refractivity contribution in [2.75, 3.05) is 0 Å². The minimum absolute atomic E-state index is 0.163. The molecule has 2 rings (SSSR count). The molecule has 0 N–H and O–H groups in total. The maximum atomic E-state index is 10.8. The number of carbonyl (C=O) groups is 1. The van der Waals surface area contributed by atoms with E-state index in [4.69, 9.17) is 0 Å². The van der Waals surface area contributed by atoms with E-state index in [1.165, 1.54) is 6.42 Å². The molecule has 2 fully saturated rings. The molecule has 11 heavy (non-hydrogen) atoms. The van der Waals surface area contributed by atoms with E-state index in [1.807, 2.05) is 21.6 Å². The quantitative estimate of drug-likeness (QED) is 0.307. The number of aldehydes is 1. The fourth-order valence-corrected chi connectivity index (χ4v) is 5.34. The zero-order valence-electron chi connectivity index (χ0n) is 6.08. The Morgan fingerprint density at radius 2 is 1.91 bits per heavy atom. The van der Waals surface area contributed by atoms with Gasteiger partial charge in [-0.15, -0.1) is 0 Å². The molecule has 0 aromatic heterocycles. The third-order valence-electron chi connectivity index (χ3n) is 2.45. The van der Waals surface area contributed by atoms with Crippen LogP contribution in [0.4, 0.5) is 0 Å². The average molecular weight is 206 g/mol. The van der Waals surface area contributed by atoms with E-state index in [9.17, 15) is 4.79 Å². The number of hydrogen-bond donors (Lipinski definition) is 1. The molecule has 0 bridgehead atoms. The zero-order chi connectivity index (χ0) is 7.95. The Labute approximate surface area is 79.9 Å². The van der Waals surface area contributed by atoms with Gasteiger partial charge in [0, 0.05) is 0 Å². The molecule has 0 radical (unpaired) electrons. The van der Waals surface area contributed by atoms with Crippen molar-refractivity contribution in [3.05, 3.63) is 0 Å². The van der Waals surface area contributed by atoms with Gasteiger partial charge in [-0.05, 0) is 12.8 Å². The second-order valence-electron chi connectivity index (χ2n) is 3.17. The van der Waals surface area contributed by atoms with Gasteiger partial charge in [-0.2, -0.15) is 12.6 Å². The molecule has 0 aromatic rings. The molecule has 0 aromatic carbocycles. The Hall–Kier alpha value is 0.720. The molecular formula is C7H10OS3. The number of thiol groups is 1. The average Bonchev–Trinajstić information content (AvgIpc) is 2.78. The second-order valence-corrected chi connectivity index (χ2v) is 6.95. The molecule has 1 atom stereocenters. The van der Waals surface area contributed by atoms with Crippen LogP contribution in [0.15, 0.2) is 0 Å². The predicted molar refractivity (Wildman–Crippen MR) is 54.2 cm³/mol. The Bertz CT molecular complexity index is 190. The van der Waals surface area contributed by atoms with E-state index in [0.29, 0.717) is 0 Å². The zero-order valence-corrected chi connectivity index (χ0v) is 8.61. The minimum atomic E-state index is -0.333. The van der Waals surface area contributed by atoms with E-state index in [0.717, 1.165) is 25.5 Å². The van der Waals surface area contributed by atoms with Gasteiger partial charge in [0.15, 0.2) is 0 Å². The molecule has 1 aliphatic heterocycles. The number of hydrogen-bond acceptors (Lipinski definition) is 4. The summed E-state index contributed by atoms with van der Waals surface area (Å²) in [5.41, 5.74) is 0. The lowest BCUT2D eigenvalue weighted by Crippen LogP contribution is -2.41. The van der Waals surface area contributed by atoms with Gasteiger partial charge in [0.05, 0.1) is 4.75 Å². The normalized spacial score (nSPS) is 40.5. The standard InChI is InChI=1S/C7H10OS3/c8-5-6(9)3-1-2-4-7(6)10-11-7/h5,9H,1-4H2. The van der Waals surface area contributed by atoms with Gasteiger partial charge in [-0.25, -0.2) is 0 Å². The fourth-order valence-electron chi connectivity index (χ4n) is 1.59. The smallest absolute Gasteiger partial charge is 0.138 e. The lowest BCUT2D eigenvalue weighted by atomic mass is 9.88. The molecule has 1 spiro atoms. The summed E-state index contributed by atoms with van der Waals surface area (Å²) in [4.78, 5) is 10.8. The number of rotatable bonds is 1. The lowest BCUT2D eigenvalue weighted by Gasteiger charge is -2.33. The molecule has 1 unspecified atom stereocenters. The Morgan fingerprint density at radius 3 is 2.36 bits per heavy atom. The fraction of sp³-hybridized carbons (Fsp3) is 0.857. The SMILES string of the molecule is O=CC1(S)CCCCC12SS2. The summed E-state index contributed by atoms with van der Waals surface area (Å²) in [6.45, 7) is 0. The van der Waals surface area contributed by atoms with Crippen LogP contribution in [0.25, 0.3) is 0 Å². The van der Waals surface area contributed by atoms with Crippen LogP contribution in [-0.2, 0) is 4.79 Å². The summed E-state index contributed by atoms with van der Waals surface area (Å²) in [6.07, 6.45) is 5.58. The van der Waals surface area contributed by atoms with Crippen LogP contribution in [0, 0.1) is 0 Å². The van der Waals surface area contributed by atoms with Crippen LogP contribution in [0.3, 0.4) is 0 Å². The Kier molecular flexibility index (Phi) is 1.97. The van der Waals surface area contributed by atoms with Crippen molar-refractivity contribution in [3.63, 3.8) is 0 Å². The first-order valence-electron chi connectivity index (χ1n) is 3.78. The first-order chi connectivity index (χ1) is 5.22. The molecule has 1 saturated heterocycles. The van der Waals surface area contributed by atoms with E-state index in [2.05, 4.69) is 12.6 Å². The van der Waals surface area contributed by atoms with Crippen molar-refractivity contribution >= 4 is 40.5 Å². The van der Waals surface area contributed by atoms with Crippen LogP contribution in [-0.4, -0.2) is 15.1 Å². The third kappa shape index (κ3) is 1.14. The van der Waals surface area contributed by atoms with Crippen LogP contribution in [0.5, 0.6) is 0 Å². The van der Waals surface area contributed by atoms with Gasteiger partial charge in [-0.1, -0.05) is 34.4 Å². The highest BCUT2D eigenvalue weighted by atomic mass is 33.2. The molecule has 0 amide bonds. The summed E-state index contributed by atoms with van der Waals surface area (Å²) in [6, 6.07) is 0. The van der Waals surface area contributed by atoms with E-state index in [1.54, 1.807) is 0 Å². The van der Waals surface area contributed by atoms with Gasteiger partial charge in [0.25, 0.3) is 0 Å². The van der Waals surface area contributed by atoms with E-state index in [-0.39, 0.29) is 8.83 Å². The summed E-state index contributed by atoms with van der Waals surface area (Å²) < 4.78 is -0.170. The van der Waals surface area contributed by atoms with Crippen molar-refractivity contribution in [1.29, 1.82) is 0 Å². The van der Waals surface area contributed by atoms with Crippen molar-refractivity contribution in [2.45, 2.75) is 34.5 Å². The molecule has 2 aliphatic rings. The Morgan fingerprint density at radius 1 is 1.27 bits per heavy atom. The highest BCUT2D eigenvalue weighted by molar-refractivity contribution is 8.93. The van der Waals surface area contributed by atoms with Gasteiger partial charge < -0.3 is 4.79 Å². The van der Waals surface area contributed by atoms with Crippen LogP contribution >= 0.6 is 34.2 Å². The molecule has 1 heterocycles. The predicted octanol–water partition coefficient (Wildman–Crippen LogP) is 2.52. The Balaban J connectivity index is 2.22. The monoisotopic (exact) mass is 206 g/mol. The van der Waals surface area contributed by atoms with Crippen molar-refractivity contribution in [2.24, 2.45) is 0 Å². The van der Waals surface area contributed by atoms with Gasteiger partial charge in [0.2, 0.25) is 0 Å². The summed E-state index contributed by atoms with van der Waals surface area (Å²) in [5, 5.41) is 0. The first kappa shape index (κ1) is 8.32. The van der Waals surface area contributed by atoms with Crippen LogP contribution in [0.2, 0.25) is 0 Å². The molecular weight excluding hydrogens is 196 g/mol. The van der Waals surface area contributed by atoms with Crippen molar-refractivity contribution in [3.8, 4) is 0 Å².